The molecule has 0 aliphatic rings. The largest absolute Gasteiger partial charge is 0.508 e. The van der Waals surface area contributed by atoms with Crippen molar-refractivity contribution in [2.45, 2.75) is 6.54 Å². The lowest BCUT2D eigenvalue weighted by Gasteiger charge is -2.15. The molecule has 11 heteroatoms. The number of ether oxygens (including phenoxy) is 3. The van der Waals surface area contributed by atoms with E-state index in [2.05, 4.69) is 25.6 Å². The van der Waals surface area contributed by atoms with Gasteiger partial charge in [0.2, 0.25) is 23.6 Å². The second-order valence-electron chi connectivity index (χ2n) is 7.93. The Morgan fingerprint density at radius 2 is 1.59 bits per heavy atom. The highest BCUT2D eigenvalue weighted by atomic mass is 16.5. The summed E-state index contributed by atoms with van der Waals surface area (Å²) in [6, 6.07) is 18.2. The summed E-state index contributed by atoms with van der Waals surface area (Å²) >= 11 is 0. The molecule has 5 aromatic rings. The fraction of sp³-hybridized carbons (Fsp3) is 0.154. The first kappa shape index (κ1) is 23.7. The van der Waals surface area contributed by atoms with Gasteiger partial charge in [-0.3, -0.25) is 0 Å². The van der Waals surface area contributed by atoms with Crippen LogP contribution in [0.1, 0.15) is 5.56 Å². The van der Waals surface area contributed by atoms with Crippen molar-refractivity contribution in [2.24, 2.45) is 0 Å². The number of hydrogen-bond acceptors (Lipinski definition) is 10. The van der Waals surface area contributed by atoms with Crippen LogP contribution in [0.3, 0.4) is 0 Å². The average Bonchev–Trinajstić information content (AvgIpc) is 3.30. The second-order valence-corrected chi connectivity index (χ2v) is 7.93. The summed E-state index contributed by atoms with van der Waals surface area (Å²) in [5.41, 5.74) is 3.25. The maximum atomic E-state index is 9.56. The van der Waals surface area contributed by atoms with Crippen LogP contribution >= 0.6 is 0 Å². The lowest BCUT2D eigenvalue weighted by Crippen LogP contribution is -2.10. The summed E-state index contributed by atoms with van der Waals surface area (Å²) in [5.74, 6) is 2.97. The Morgan fingerprint density at radius 1 is 0.865 bits per heavy atom. The molecule has 0 aliphatic carbocycles. The molecular weight excluding hydrogens is 474 g/mol. The number of imidazole rings is 1. The Bertz CT molecular complexity index is 1510. The van der Waals surface area contributed by atoms with Crippen LogP contribution in [0.25, 0.3) is 17.0 Å². The minimum atomic E-state index is 0.216. The van der Waals surface area contributed by atoms with Crippen molar-refractivity contribution < 1.29 is 19.3 Å². The molecule has 0 amide bonds. The third kappa shape index (κ3) is 4.87. The van der Waals surface area contributed by atoms with Crippen molar-refractivity contribution in [2.75, 3.05) is 32.0 Å². The Labute approximate surface area is 212 Å². The molecule has 2 aromatic heterocycles. The molecule has 0 fully saturated rings. The summed E-state index contributed by atoms with van der Waals surface area (Å²) in [4.78, 5) is 18.1. The standard InChI is InChI=1S/C26H25N7O4/c1-35-21-12-17(13-22(36-2)23(21)37-3)30-24-28-15-29-26(32-24)33-20-7-5-4-6-19(20)31-25(33)27-14-16-8-10-18(34)11-9-16/h4-13,15,34H,14H2,1-3H3,(H,27,31)(H,28,29,30,32). The van der Waals surface area contributed by atoms with Crippen LogP contribution in [0.15, 0.2) is 67.0 Å². The number of hydrogen-bond donors (Lipinski definition) is 3. The number of anilines is 3. The molecule has 0 radical (unpaired) electrons. The summed E-state index contributed by atoms with van der Waals surface area (Å²) in [5, 5.41) is 16.1. The summed E-state index contributed by atoms with van der Waals surface area (Å²) < 4.78 is 18.1. The van der Waals surface area contributed by atoms with Gasteiger partial charge >= 0.3 is 0 Å². The van der Waals surface area contributed by atoms with Gasteiger partial charge in [0.1, 0.15) is 12.1 Å². The van der Waals surface area contributed by atoms with Gasteiger partial charge < -0.3 is 30.0 Å². The molecule has 0 bridgehead atoms. The number of fused-ring (bicyclic) bond motifs is 1. The van der Waals surface area contributed by atoms with Crippen LogP contribution in [0, 0.1) is 0 Å². The number of benzene rings is 3. The third-order valence-electron chi connectivity index (χ3n) is 5.63. The number of phenols is 1. The topological polar surface area (TPSA) is 128 Å². The number of aromatic hydroxyl groups is 1. The van der Waals surface area contributed by atoms with E-state index in [1.54, 1.807) is 45.6 Å². The van der Waals surface area contributed by atoms with E-state index in [9.17, 15) is 5.11 Å². The molecule has 3 N–H and O–H groups in total. The Hall–Kier alpha value is -5.06. The molecule has 0 aliphatic heterocycles. The minimum Gasteiger partial charge on any atom is -0.508 e. The first-order chi connectivity index (χ1) is 18.1. The van der Waals surface area contributed by atoms with E-state index in [1.165, 1.54) is 6.33 Å². The monoisotopic (exact) mass is 499 g/mol. The molecule has 0 atom stereocenters. The van der Waals surface area contributed by atoms with E-state index >= 15 is 0 Å². The highest BCUT2D eigenvalue weighted by molar-refractivity contribution is 5.80. The smallest absolute Gasteiger partial charge is 0.241 e. The number of nitrogens with one attached hydrogen (secondary N) is 2. The summed E-state index contributed by atoms with van der Waals surface area (Å²) in [6.45, 7) is 0.491. The molecule has 5 rings (SSSR count). The van der Waals surface area contributed by atoms with Gasteiger partial charge in [-0.25, -0.2) is 19.5 Å². The van der Waals surface area contributed by atoms with Gasteiger partial charge in [-0.1, -0.05) is 24.3 Å². The fourth-order valence-corrected chi connectivity index (χ4v) is 3.88. The quantitative estimate of drug-likeness (QED) is 0.270. The lowest BCUT2D eigenvalue weighted by molar-refractivity contribution is 0.324. The van der Waals surface area contributed by atoms with E-state index in [0.717, 1.165) is 16.6 Å². The van der Waals surface area contributed by atoms with Gasteiger partial charge in [0, 0.05) is 24.4 Å². The second kappa shape index (κ2) is 10.3. The zero-order valence-electron chi connectivity index (χ0n) is 20.5. The summed E-state index contributed by atoms with van der Waals surface area (Å²) in [6.07, 6.45) is 1.43. The van der Waals surface area contributed by atoms with Gasteiger partial charge in [0.05, 0.1) is 32.4 Å². The maximum Gasteiger partial charge on any atom is 0.241 e. The van der Waals surface area contributed by atoms with Gasteiger partial charge in [-0.05, 0) is 29.8 Å². The van der Waals surface area contributed by atoms with Gasteiger partial charge in [-0.2, -0.15) is 4.98 Å². The van der Waals surface area contributed by atoms with Crippen molar-refractivity contribution in [1.29, 1.82) is 0 Å². The molecule has 0 unspecified atom stereocenters. The molecule has 0 saturated carbocycles. The van der Waals surface area contributed by atoms with Crippen molar-refractivity contribution >= 4 is 28.6 Å². The Kier molecular flexibility index (Phi) is 6.58. The molecule has 0 saturated heterocycles. The predicted octanol–water partition coefficient (Wildman–Crippen LogP) is 4.30. The van der Waals surface area contributed by atoms with E-state index in [1.807, 2.05) is 41.0 Å². The van der Waals surface area contributed by atoms with E-state index in [4.69, 9.17) is 19.2 Å². The first-order valence-electron chi connectivity index (χ1n) is 11.4. The number of methoxy groups -OCH3 is 3. The zero-order valence-corrected chi connectivity index (χ0v) is 20.5. The number of rotatable bonds is 9. The summed E-state index contributed by atoms with van der Waals surface area (Å²) in [7, 11) is 4.66. The van der Waals surface area contributed by atoms with Crippen LogP contribution in [0.4, 0.5) is 17.6 Å². The molecule has 37 heavy (non-hydrogen) atoms. The van der Waals surface area contributed by atoms with Crippen molar-refractivity contribution in [3.63, 3.8) is 0 Å². The van der Waals surface area contributed by atoms with E-state index < -0.39 is 0 Å². The maximum absolute atomic E-state index is 9.56. The van der Waals surface area contributed by atoms with Crippen molar-refractivity contribution in [3.05, 3.63) is 72.6 Å². The van der Waals surface area contributed by atoms with Crippen molar-refractivity contribution in [1.82, 2.24) is 24.5 Å². The number of para-hydroxylation sites is 2. The van der Waals surface area contributed by atoms with Crippen LogP contribution in [-0.2, 0) is 6.54 Å². The fourth-order valence-electron chi connectivity index (χ4n) is 3.88. The highest BCUT2D eigenvalue weighted by Gasteiger charge is 2.17. The average molecular weight is 500 g/mol. The lowest BCUT2D eigenvalue weighted by atomic mass is 10.2. The molecule has 2 heterocycles. The molecular formula is C26H25N7O4. The van der Waals surface area contributed by atoms with Crippen molar-refractivity contribution in [3.8, 4) is 28.9 Å². The normalized spacial score (nSPS) is 10.8. The van der Waals surface area contributed by atoms with Crippen LogP contribution in [0.2, 0.25) is 0 Å². The SMILES string of the molecule is COc1cc(Nc2ncnc(-n3c(NCc4ccc(O)cc4)nc4ccccc43)n2)cc(OC)c1OC. The Morgan fingerprint density at radius 3 is 2.30 bits per heavy atom. The highest BCUT2D eigenvalue weighted by Crippen LogP contribution is 2.40. The number of phenolic OH excluding ortho intramolecular Hbond substituents is 1. The third-order valence-corrected chi connectivity index (χ3v) is 5.63. The molecule has 0 spiro atoms. The zero-order chi connectivity index (χ0) is 25.8. The van der Waals surface area contributed by atoms with Gasteiger partial charge in [0.25, 0.3) is 0 Å². The van der Waals surface area contributed by atoms with E-state index in [0.29, 0.717) is 47.3 Å². The molecule has 3 aromatic carbocycles. The molecule has 11 nitrogen and oxygen atoms in total. The van der Waals surface area contributed by atoms with Gasteiger partial charge in [0.15, 0.2) is 11.5 Å². The first-order valence-corrected chi connectivity index (χ1v) is 11.4. The van der Waals surface area contributed by atoms with Crippen LogP contribution in [-0.4, -0.2) is 50.9 Å². The van der Waals surface area contributed by atoms with Gasteiger partial charge in [-0.15, -0.1) is 0 Å². The van der Waals surface area contributed by atoms with E-state index in [-0.39, 0.29) is 5.75 Å². The number of nitrogens with zero attached hydrogens (tertiary/aromatic N) is 5. The van der Waals surface area contributed by atoms with Crippen LogP contribution in [0.5, 0.6) is 23.0 Å². The van der Waals surface area contributed by atoms with Crippen LogP contribution < -0.4 is 24.8 Å². The predicted molar refractivity (Wildman–Crippen MR) is 139 cm³/mol. The minimum absolute atomic E-state index is 0.216. The Balaban J connectivity index is 1.49. The molecule has 188 valence electrons. The number of aromatic nitrogens is 5.